The highest BCUT2D eigenvalue weighted by Gasteiger charge is 2.02. The lowest BCUT2D eigenvalue weighted by molar-refractivity contribution is 0.939. The topological polar surface area (TPSA) is 50.7 Å². The number of aryl methyl sites for hydroxylation is 3. The van der Waals surface area contributed by atoms with Crippen molar-refractivity contribution in [2.45, 2.75) is 33.7 Å². The second kappa shape index (κ2) is 5.58. The van der Waals surface area contributed by atoms with E-state index in [-0.39, 0.29) is 0 Å². The quantitative estimate of drug-likeness (QED) is 0.895. The lowest BCUT2D eigenvalue weighted by atomic mass is 10.1. The first-order chi connectivity index (χ1) is 8.69. The molecule has 0 unspecified atom stereocenters. The van der Waals surface area contributed by atoms with Crippen LogP contribution in [0.15, 0.2) is 24.5 Å². The molecular weight excluding hydrogens is 224 g/mol. The summed E-state index contributed by atoms with van der Waals surface area (Å²) in [5, 5.41) is 3.33. The summed E-state index contributed by atoms with van der Waals surface area (Å²) in [4.78, 5) is 12.9. The van der Waals surface area contributed by atoms with Gasteiger partial charge in [-0.25, -0.2) is 9.97 Å². The van der Waals surface area contributed by atoms with Crippen molar-refractivity contribution < 1.29 is 0 Å². The molecule has 2 rings (SSSR count). The molecule has 1 N–H and O–H groups in total. The van der Waals surface area contributed by atoms with Crippen molar-refractivity contribution in [1.29, 1.82) is 0 Å². The summed E-state index contributed by atoms with van der Waals surface area (Å²) >= 11 is 0. The van der Waals surface area contributed by atoms with E-state index in [0.29, 0.717) is 0 Å². The van der Waals surface area contributed by atoms with Crippen molar-refractivity contribution in [3.63, 3.8) is 0 Å². The van der Waals surface area contributed by atoms with Crippen molar-refractivity contribution in [3.8, 4) is 0 Å². The van der Waals surface area contributed by atoms with Crippen LogP contribution in [0.4, 0.5) is 5.82 Å². The maximum atomic E-state index is 4.38. The van der Waals surface area contributed by atoms with E-state index < -0.39 is 0 Å². The number of nitrogens with zero attached hydrogens (tertiary/aromatic N) is 3. The summed E-state index contributed by atoms with van der Waals surface area (Å²) in [6.07, 6.45) is 4.62. The minimum atomic E-state index is 0.735. The highest BCUT2D eigenvalue weighted by atomic mass is 15.0. The predicted octanol–water partition coefficient (Wildman–Crippen LogP) is 2.66. The first-order valence-corrected chi connectivity index (χ1v) is 6.17. The third-order valence-corrected chi connectivity index (χ3v) is 2.86. The van der Waals surface area contributed by atoms with E-state index in [0.717, 1.165) is 30.3 Å². The fraction of sp³-hybridized carbons (Fsp3) is 0.357. The van der Waals surface area contributed by atoms with Crippen LogP contribution in [0.5, 0.6) is 0 Å². The monoisotopic (exact) mass is 242 g/mol. The molecule has 94 valence electrons. The third-order valence-electron chi connectivity index (χ3n) is 2.86. The van der Waals surface area contributed by atoms with Crippen LogP contribution in [0.1, 0.15) is 29.6 Å². The molecular formula is C14H18N4. The Morgan fingerprint density at radius 3 is 2.78 bits per heavy atom. The molecule has 4 heteroatoms. The molecule has 0 aliphatic heterocycles. The van der Waals surface area contributed by atoms with Crippen LogP contribution in [0, 0.1) is 13.8 Å². The molecule has 0 saturated carbocycles. The first kappa shape index (κ1) is 12.5. The van der Waals surface area contributed by atoms with Crippen LogP contribution in [-0.4, -0.2) is 15.0 Å². The van der Waals surface area contributed by atoms with Crippen molar-refractivity contribution >= 4 is 5.82 Å². The zero-order valence-corrected chi connectivity index (χ0v) is 11.1. The Morgan fingerprint density at radius 1 is 1.22 bits per heavy atom. The number of aromatic nitrogens is 3. The zero-order chi connectivity index (χ0) is 13.0. The predicted molar refractivity (Wildman–Crippen MR) is 72.4 cm³/mol. The maximum absolute atomic E-state index is 4.38. The smallest absolute Gasteiger partial charge is 0.130 e. The molecule has 0 aliphatic rings. The molecule has 2 aromatic rings. The van der Waals surface area contributed by atoms with E-state index in [2.05, 4.69) is 34.1 Å². The Balaban J connectivity index is 2.11. The molecule has 0 aliphatic carbocycles. The van der Waals surface area contributed by atoms with Gasteiger partial charge in [-0.05, 0) is 37.5 Å². The first-order valence-electron chi connectivity index (χ1n) is 6.17. The van der Waals surface area contributed by atoms with Gasteiger partial charge in [-0.15, -0.1) is 0 Å². The summed E-state index contributed by atoms with van der Waals surface area (Å²) in [5.41, 5.74) is 3.48. The van der Waals surface area contributed by atoms with Crippen molar-refractivity contribution in [2.24, 2.45) is 0 Å². The lowest BCUT2D eigenvalue weighted by Gasteiger charge is -2.09. The lowest BCUT2D eigenvalue weighted by Crippen LogP contribution is -2.06. The van der Waals surface area contributed by atoms with Gasteiger partial charge in [0.1, 0.15) is 11.6 Å². The Kier molecular flexibility index (Phi) is 3.87. The number of nitrogens with one attached hydrogen (secondary N) is 1. The third kappa shape index (κ3) is 3.03. The normalized spacial score (nSPS) is 10.4. The molecule has 18 heavy (non-hydrogen) atoms. The minimum Gasteiger partial charge on any atom is -0.366 e. The van der Waals surface area contributed by atoms with E-state index in [1.54, 1.807) is 0 Å². The van der Waals surface area contributed by atoms with Crippen LogP contribution in [0.25, 0.3) is 0 Å². The molecule has 0 saturated heterocycles. The molecule has 0 radical (unpaired) electrons. The average Bonchev–Trinajstić information content (AvgIpc) is 2.37. The number of pyridine rings is 1. The summed E-state index contributed by atoms with van der Waals surface area (Å²) in [6, 6.07) is 4.01. The van der Waals surface area contributed by atoms with Crippen molar-refractivity contribution in [2.75, 3.05) is 5.32 Å². The van der Waals surface area contributed by atoms with E-state index in [1.807, 2.05) is 31.5 Å². The van der Waals surface area contributed by atoms with Gasteiger partial charge in [0.25, 0.3) is 0 Å². The summed E-state index contributed by atoms with van der Waals surface area (Å²) in [6.45, 7) is 6.83. The molecule has 0 bridgehead atoms. The minimum absolute atomic E-state index is 0.735. The zero-order valence-electron chi connectivity index (χ0n) is 11.1. The molecule has 0 atom stereocenters. The van der Waals surface area contributed by atoms with Crippen molar-refractivity contribution in [3.05, 3.63) is 47.2 Å². The second-order valence-corrected chi connectivity index (χ2v) is 4.30. The highest BCUT2D eigenvalue weighted by Crippen LogP contribution is 2.11. The van der Waals surface area contributed by atoms with E-state index in [4.69, 9.17) is 0 Å². The summed E-state index contributed by atoms with van der Waals surface area (Å²) < 4.78 is 0. The Labute approximate surface area is 108 Å². The van der Waals surface area contributed by atoms with Gasteiger partial charge in [0.2, 0.25) is 0 Å². The molecule has 2 aromatic heterocycles. The maximum Gasteiger partial charge on any atom is 0.130 e. The number of hydrogen-bond donors (Lipinski definition) is 1. The Morgan fingerprint density at radius 2 is 2.06 bits per heavy atom. The van der Waals surface area contributed by atoms with E-state index in [1.165, 1.54) is 11.1 Å². The van der Waals surface area contributed by atoms with Crippen LogP contribution < -0.4 is 5.32 Å². The van der Waals surface area contributed by atoms with Gasteiger partial charge in [0, 0.05) is 30.7 Å². The largest absolute Gasteiger partial charge is 0.366 e. The fourth-order valence-corrected chi connectivity index (χ4v) is 1.77. The van der Waals surface area contributed by atoms with E-state index >= 15 is 0 Å². The average molecular weight is 242 g/mol. The van der Waals surface area contributed by atoms with Crippen LogP contribution in [0.2, 0.25) is 0 Å². The molecule has 2 heterocycles. The Bertz CT molecular complexity index is 537. The number of hydrogen-bond acceptors (Lipinski definition) is 4. The van der Waals surface area contributed by atoms with Crippen LogP contribution in [-0.2, 0) is 13.0 Å². The number of rotatable bonds is 4. The summed E-state index contributed by atoms with van der Waals surface area (Å²) in [7, 11) is 0. The molecule has 0 amide bonds. The van der Waals surface area contributed by atoms with Gasteiger partial charge in [0.05, 0.1) is 0 Å². The van der Waals surface area contributed by atoms with Gasteiger partial charge in [-0.3, -0.25) is 4.98 Å². The van der Waals surface area contributed by atoms with Gasteiger partial charge >= 0.3 is 0 Å². The second-order valence-electron chi connectivity index (χ2n) is 4.30. The van der Waals surface area contributed by atoms with Crippen LogP contribution in [0.3, 0.4) is 0 Å². The van der Waals surface area contributed by atoms with Crippen molar-refractivity contribution in [1.82, 2.24) is 15.0 Å². The number of anilines is 1. The molecule has 0 fully saturated rings. The fourth-order valence-electron chi connectivity index (χ4n) is 1.77. The van der Waals surface area contributed by atoms with Crippen LogP contribution >= 0.6 is 0 Å². The van der Waals surface area contributed by atoms with Gasteiger partial charge in [0.15, 0.2) is 0 Å². The van der Waals surface area contributed by atoms with Gasteiger partial charge in [-0.1, -0.05) is 6.92 Å². The molecule has 4 nitrogen and oxygen atoms in total. The van der Waals surface area contributed by atoms with Gasteiger partial charge in [-0.2, -0.15) is 0 Å². The highest BCUT2D eigenvalue weighted by molar-refractivity contribution is 5.38. The standard InChI is InChI=1S/C14H18N4/c1-4-13-7-14(18-11(3)17-13)16-9-12-8-15-6-5-10(12)2/h5-8H,4,9H2,1-3H3,(H,16,17,18). The SMILES string of the molecule is CCc1cc(NCc2cnccc2C)nc(C)n1. The van der Waals surface area contributed by atoms with E-state index in [9.17, 15) is 0 Å². The summed E-state index contributed by atoms with van der Waals surface area (Å²) in [5.74, 6) is 1.68. The molecule has 0 aromatic carbocycles. The van der Waals surface area contributed by atoms with Gasteiger partial charge < -0.3 is 5.32 Å². The molecule has 0 spiro atoms. The Hall–Kier alpha value is -1.97.